The fourth-order valence-electron chi connectivity index (χ4n) is 0.726. The highest BCUT2D eigenvalue weighted by Crippen LogP contribution is 2.01. The molecule has 76 valence electrons. The van der Waals surface area contributed by atoms with Crippen molar-refractivity contribution in [2.75, 3.05) is 17.3 Å². The van der Waals surface area contributed by atoms with Crippen molar-refractivity contribution in [3.63, 3.8) is 0 Å². The second-order valence-corrected chi connectivity index (χ2v) is 3.92. The van der Waals surface area contributed by atoms with E-state index in [9.17, 15) is 9.59 Å². The average molecular weight is 270 g/mol. The van der Waals surface area contributed by atoms with Crippen LogP contribution in [0.5, 0.6) is 0 Å². The lowest BCUT2D eigenvalue weighted by atomic mass is 10.2. The maximum absolute atomic E-state index is 10.9. The molecule has 1 unspecified atom stereocenters. The molecular formula is C7H12BrNO3S. The molecule has 0 saturated carbocycles. The highest BCUT2D eigenvalue weighted by atomic mass is 79.9. The number of aliphatic carboxylic acids is 1. The third-order valence-corrected chi connectivity index (χ3v) is 2.52. The molecule has 2 N–H and O–H groups in total. The zero-order valence-corrected chi connectivity index (χ0v) is 9.65. The summed E-state index contributed by atoms with van der Waals surface area (Å²) in [6.45, 7) is 0. The van der Waals surface area contributed by atoms with E-state index < -0.39 is 12.0 Å². The van der Waals surface area contributed by atoms with Gasteiger partial charge in [0.05, 0.1) is 5.33 Å². The van der Waals surface area contributed by atoms with Gasteiger partial charge in [-0.1, -0.05) is 15.9 Å². The van der Waals surface area contributed by atoms with Crippen LogP contribution in [0.25, 0.3) is 0 Å². The summed E-state index contributed by atoms with van der Waals surface area (Å²) in [5, 5.41) is 11.2. The van der Waals surface area contributed by atoms with E-state index in [4.69, 9.17) is 5.11 Å². The van der Waals surface area contributed by atoms with Crippen LogP contribution in [0.4, 0.5) is 0 Å². The van der Waals surface area contributed by atoms with Crippen LogP contribution >= 0.6 is 27.7 Å². The van der Waals surface area contributed by atoms with E-state index in [0.717, 1.165) is 5.75 Å². The van der Waals surface area contributed by atoms with Gasteiger partial charge in [0.2, 0.25) is 5.91 Å². The number of alkyl halides is 1. The van der Waals surface area contributed by atoms with Crippen LogP contribution < -0.4 is 5.32 Å². The fourth-order valence-corrected chi connectivity index (χ4v) is 1.36. The maximum Gasteiger partial charge on any atom is 0.326 e. The monoisotopic (exact) mass is 269 g/mol. The Labute approximate surface area is 89.6 Å². The van der Waals surface area contributed by atoms with Gasteiger partial charge in [0, 0.05) is 0 Å². The minimum absolute atomic E-state index is 0.135. The summed E-state index contributed by atoms with van der Waals surface area (Å²) in [7, 11) is 0. The van der Waals surface area contributed by atoms with E-state index in [1.54, 1.807) is 11.8 Å². The molecule has 0 aliphatic carbocycles. The SMILES string of the molecule is CSCCC(NC(=O)CBr)C(=O)O. The van der Waals surface area contributed by atoms with Crippen LogP contribution in [0.1, 0.15) is 6.42 Å². The van der Waals surface area contributed by atoms with Crippen molar-refractivity contribution in [1.29, 1.82) is 0 Å². The van der Waals surface area contributed by atoms with Gasteiger partial charge < -0.3 is 10.4 Å². The molecule has 0 aliphatic rings. The molecule has 0 aromatic carbocycles. The second kappa shape index (κ2) is 7.20. The molecule has 1 atom stereocenters. The van der Waals surface area contributed by atoms with E-state index in [-0.39, 0.29) is 11.2 Å². The molecule has 0 radical (unpaired) electrons. The number of carbonyl (C=O) groups is 2. The summed E-state index contributed by atoms with van der Waals surface area (Å²) in [4.78, 5) is 21.5. The van der Waals surface area contributed by atoms with E-state index in [2.05, 4.69) is 21.2 Å². The molecule has 6 heteroatoms. The summed E-state index contributed by atoms with van der Waals surface area (Å²) in [5.74, 6) is -0.559. The Kier molecular flexibility index (Phi) is 7.07. The van der Waals surface area contributed by atoms with Gasteiger partial charge in [-0.3, -0.25) is 4.79 Å². The van der Waals surface area contributed by atoms with Crippen molar-refractivity contribution in [3.05, 3.63) is 0 Å². The van der Waals surface area contributed by atoms with Crippen LogP contribution in [0.3, 0.4) is 0 Å². The van der Waals surface area contributed by atoms with Crippen LogP contribution in [0.2, 0.25) is 0 Å². The molecule has 0 fully saturated rings. The standard InChI is InChI=1S/C7H12BrNO3S/c1-13-3-2-5(7(11)12)9-6(10)4-8/h5H,2-4H2,1H3,(H,9,10)(H,11,12). The van der Waals surface area contributed by atoms with Crippen LogP contribution in [-0.4, -0.2) is 40.4 Å². The quantitative estimate of drug-likeness (QED) is 0.697. The molecule has 0 saturated heterocycles. The molecule has 13 heavy (non-hydrogen) atoms. The van der Waals surface area contributed by atoms with E-state index in [1.807, 2.05) is 6.26 Å². The summed E-state index contributed by atoms with van der Waals surface area (Å²) < 4.78 is 0. The maximum atomic E-state index is 10.9. The number of thioether (sulfide) groups is 1. The number of rotatable bonds is 6. The summed E-state index contributed by atoms with van der Waals surface area (Å²) >= 11 is 4.51. The molecule has 0 spiro atoms. The Bertz CT molecular complexity index is 189. The van der Waals surface area contributed by atoms with Gasteiger partial charge in [0.25, 0.3) is 0 Å². The summed E-state index contributed by atoms with van der Waals surface area (Å²) in [6.07, 6.45) is 2.35. The zero-order chi connectivity index (χ0) is 10.3. The Morgan fingerprint density at radius 1 is 1.62 bits per heavy atom. The number of hydrogen-bond donors (Lipinski definition) is 2. The predicted octanol–water partition coefficient (Wildman–Crippen LogP) is 0.704. The van der Waals surface area contributed by atoms with Gasteiger partial charge in [-0.15, -0.1) is 0 Å². The number of hydrogen-bond acceptors (Lipinski definition) is 3. The highest BCUT2D eigenvalue weighted by molar-refractivity contribution is 9.09. The van der Waals surface area contributed by atoms with Crippen molar-refractivity contribution >= 4 is 39.6 Å². The minimum Gasteiger partial charge on any atom is -0.480 e. The first kappa shape index (κ1) is 12.8. The average Bonchev–Trinajstić information content (AvgIpc) is 2.11. The van der Waals surface area contributed by atoms with Gasteiger partial charge in [-0.2, -0.15) is 11.8 Å². The number of halogens is 1. The van der Waals surface area contributed by atoms with Crippen molar-refractivity contribution in [2.24, 2.45) is 0 Å². The largest absolute Gasteiger partial charge is 0.480 e. The van der Waals surface area contributed by atoms with E-state index >= 15 is 0 Å². The van der Waals surface area contributed by atoms with Crippen LogP contribution in [0.15, 0.2) is 0 Å². The topological polar surface area (TPSA) is 66.4 Å². The molecule has 0 aromatic rings. The molecular weight excluding hydrogens is 258 g/mol. The zero-order valence-electron chi connectivity index (χ0n) is 7.25. The van der Waals surface area contributed by atoms with Crippen LogP contribution in [-0.2, 0) is 9.59 Å². The van der Waals surface area contributed by atoms with Crippen molar-refractivity contribution in [2.45, 2.75) is 12.5 Å². The van der Waals surface area contributed by atoms with Gasteiger partial charge in [0.1, 0.15) is 6.04 Å². The third kappa shape index (κ3) is 5.93. The summed E-state index contributed by atoms with van der Waals surface area (Å²) in [5.41, 5.74) is 0. The number of amides is 1. The predicted molar refractivity (Wildman–Crippen MR) is 56.4 cm³/mol. The van der Waals surface area contributed by atoms with Gasteiger partial charge in [-0.25, -0.2) is 4.79 Å². The van der Waals surface area contributed by atoms with Gasteiger partial charge in [0.15, 0.2) is 0 Å². The Hall–Kier alpha value is -0.230. The fraction of sp³-hybridized carbons (Fsp3) is 0.714. The summed E-state index contributed by atoms with van der Waals surface area (Å²) in [6, 6.07) is -0.766. The van der Waals surface area contributed by atoms with Crippen molar-refractivity contribution < 1.29 is 14.7 Å². The molecule has 0 rings (SSSR count). The number of nitrogens with one attached hydrogen (secondary N) is 1. The van der Waals surface area contributed by atoms with Crippen LogP contribution in [0, 0.1) is 0 Å². The number of carbonyl (C=O) groups excluding carboxylic acids is 1. The first-order valence-electron chi connectivity index (χ1n) is 3.69. The molecule has 0 bridgehead atoms. The molecule has 0 heterocycles. The molecule has 1 amide bonds. The molecule has 0 aliphatic heterocycles. The van der Waals surface area contributed by atoms with E-state index in [1.165, 1.54) is 0 Å². The smallest absolute Gasteiger partial charge is 0.326 e. The normalized spacial score (nSPS) is 12.2. The highest BCUT2D eigenvalue weighted by Gasteiger charge is 2.18. The van der Waals surface area contributed by atoms with Gasteiger partial charge >= 0.3 is 5.97 Å². The van der Waals surface area contributed by atoms with Crippen molar-refractivity contribution in [3.8, 4) is 0 Å². The van der Waals surface area contributed by atoms with Crippen molar-refractivity contribution in [1.82, 2.24) is 5.32 Å². The van der Waals surface area contributed by atoms with E-state index in [0.29, 0.717) is 6.42 Å². The second-order valence-electron chi connectivity index (χ2n) is 2.37. The Balaban J connectivity index is 3.94. The lowest BCUT2D eigenvalue weighted by Gasteiger charge is -2.12. The Morgan fingerprint density at radius 2 is 2.23 bits per heavy atom. The van der Waals surface area contributed by atoms with Gasteiger partial charge in [-0.05, 0) is 18.4 Å². The first-order chi connectivity index (χ1) is 6.11. The lowest BCUT2D eigenvalue weighted by molar-refractivity contribution is -0.141. The third-order valence-electron chi connectivity index (χ3n) is 1.37. The first-order valence-corrected chi connectivity index (χ1v) is 6.20. The lowest BCUT2D eigenvalue weighted by Crippen LogP contribution is -2.41. The number of carboxylic acid groups (broad SMARTS) is 1. The molecule has 4 nitrogen and oxygen atoms in total. The molecule has 0 aromatic heterocycles. The number of carboxylic acids is 1. The Morgan fingerprint density at radius 3 is 2.62 bits per heavy atom. The minimum atomic E-state index is -0.983.